The normalized spacial score (nSPS) is 16.0. The molecule has 0 atom stereocenters. The lowest BCUT2D eigenvalue weighted by Gasteiger charge is -2.34. The number of furan rings is 1. The fraction of sp³-hybridized carbons (Fsp3) is 0.438. The lowest BCUT2D eigenvalue weighted by Crippen LogP contribution is -2.48. The van der Waals surface area contributed by atoms with Gasteiger partial charge in [-0.15, -0.1) is 11.3 Å². The van der Waals surface area contributed by atoms with Crippen molar-refractivity contribution in [2.45, 2.75) is 13.2 Å². The lowest BCUT2D eigenvalue weighted by atomic mass is 10.2. The molecule has 0 aliphatic carbocycles. The highest BCUT2D eigenvalue weighted by molar-refractivity contribution is 9.11. The Morgan fingerprint density at radius 3 is 2.70 bits per heavy atom. The summed E-state index contributed by atoms with van der Waals surface area (Å²) in [5, 5.41) is 0. The summed E-state index contributed by atoms with van der Waals surface area (Å²) in [5.41, 5.74) is 0. The van der Waals surface area contributed by atoms with Gasteiger partial charge in [0.05, 0.1) is 3.79 Å². The summed E-state index contributed by atoms with van der Waals surface area (Å²) >= 11 is 5.25. The zero-order valence-electron chi connectivity index (χ0n) is 13.0. The van der Waals surface area contributed by atoms with Gasteiger partial charge in [0, 0.05) is 44.7 Å². The molecule has 0 bridgehead atoms. The summed E-state index contributed by atoms with van der Waals surface area (Å²) in [7, 11) is 1.61. The highest BCUT2D eigenvalue weighted by atomic mass is 79.9. The Kier molecular flexibility index (Phi) is 5.53. The number of halogens is 1. The number of thiophene rings is 1. The smallest absolute Gasteiger partial charge is 0.289 e. The Balaban J connectivity index is 1.52. The number of ether oxygens (including phenoxy) is 1. The molecule has 1 saturated heterocycles. The minimum Gasteiger partial charge on any atom is -0.453 e. The summed E-state index contributed by atoms with van der Waals surface area (Å²) in [5.74, 6) is 1.04. The maximum atomic E-state index is 12.5. The summed E-state index contributed by atoms with van der Waals surface area (Å²) in [6.07, 6.45) is 0. The van der Waals surface area contributed by atoms with E-state index in [1.165, 1.54) is 4.88 Å². The van der Waals surface area contributed by atoms with Gasteiger partial charge < -0.3 is 14.1 Å². The van der Waals surface area contributed by atoms with Crippen molar-refractivity contribution < 1.29 is 13.9 Å². The zero-order chi connectivity index (χ0) is 16.2. The molecule has 0 spiro atoms. The second kappa shape index (κ2) is 7.61. The zero-order valence-corrected chi connectivity index (χ0v) is 15.4. The van der Waals surface area contributed by atoms with Crippen molar-refractivity contribution in [2.24, 2.45) is 0 Å². The van der Waals surface area contributed by atoms with Crippen molar-refractivity contribution in [2.75, 3.05) is 33.3 Å². The van der Waals surface area contributed by atoms with Gasteiger partial charge in [0.15, 0.2) is 5.76 Å². The standard InChI is InChI=1S/C16H19BrN2O3S/c1-21-11-12-2-4-14(22-12)16(20)19-8-6-18(7-9-19)10-13-3-5-15(17)23-13/h2-5H,6-11H2,1H3. The summed E-state index contributed by atoms with van der Waals surface area (Å²) in [6, 6.07) is 7.74. The fourth-order valence-corrected chi connectivity index (χ4v) is 4.16. The second-order valence-corrected chi connectivity index (χ2v) is 8.02. The molecule has 1 amide bonds. The lowest BCUT2D eigenvalue weighted by molar-refractivity contribution is 0.0592. The molecule has 0 saturated carbocycles. The number of methoxy groups -OCH3 is 1. The largest absolute Gasteiger partial charge is 0.453 e. The van der Waals surface area contributed by atoms with Crippen molar-refractivity contribution in [1.82, 2.24) is 9.80 Å². The van der Waals surface area contributed by atoms with Crippen LogP contribution < -0.4 is 0 Å². The van der Waals surface area contributed by atoms with Crippen molar-refractivity contribution >= 4 is 33.2 Å². The molecule has 0 N–H and O–H groups in total. The predicted octanol–water partition coefficient (Wildman–Crippen LogP) is 3.21. The van der Waals surface area contributed by atoms with Gasteiger partial charge in [0.1, 0.15) is 12.4 Å². The van der Waals surface area contributed by atoms with Crippen LogP contribution in [0.25, 0.3) is 0 Å². The molecule has 124 valence electrons. The first kappa shape index (κ1) is 16.7. The van der Waals surface area contributed by atoms with E-state index < -0.39 is 0 Å². The van der Waals surface area contributed by atoms with Crippen molar-refractivity contribution in [3.8, 4) is 0 Å². The van der Waals surface area contributed by atoms with Crippen LogP contribution in [0.15, 0.2) is 32.5 Å². The van der Waals surface area contributed by atoms with E-state index in [2.05, 4.69) is 33.0 Å². The monoisotopic (exact) mass is 398 g/mol. The van der Waals surface area contributed by atoms with Gasteiger partial charge in [-0.1, -0.05) is 0 Å². The van der Waals surface area contributed by atoms with Gasteiger partial charge in [-0.2, -0.15) is 0 Å². The number of hydrogen-bond donors (Lipinski definition) is 0. The third-order valence-corrected chi connectivity index (χ3v) is 5.44. The van der Waals surface area contributed by atoms with Crippen LogP contribution in [-0.4, -0.2) is 49.0 Å². The quantitative estimate of drug-likeness (QED) is 0.775. The van der Waals surface area contributed by atoms with Crippen LogP contribution in [-0.2, 0) is 17.9 Å². The molecule has 0 unspecified atom stereocenters. The SMILES string of the molecule is COCc1ccc(C(=O)N2CCN(Cc3ccc(Br)s3)CC2)o1. The van der Waals surface area contributed by atoms with Crippen LogP contribution in [0.3, 0.4) is 0 Å². The molecule has 2 aromatic heterocycles. The Hall–Kier alpha value is -1.15. The number of carbonyl (C=O) groups excluding carboxylic acids is 1. The second-order valence-electron chi connectivity index (χ2n) is 5.47. The molecular formula is C16H19BrN2O3S. The average molecular weight is 399 g/mol. The van der Waals surface area contributed by atoms with Crippen LogP contribution >= 0.6 is 27.3 Å². The molecule has 2 aromatic rings. The number of nitrogens with zero attached hydrogens (tertiary/aromatic N) is 2. The van der Waals surface area contributed by atoms with Gasteiger partial charge >= 0.3 is 0 Å². The molecule has 3 heterocycles. The fourth-order valence-electron chi connectivity index (χ4n) is 2.63. The van der Waals surface area contributed by atoms with Gasteiger partial charge in [0.25, 0.3) is 5.91 Å². The minimum absolute atomic E-state index is 0.0362. The van der Waals surface area contributed by atoms with E-state index in [1.807, 2.05) is 4.90 Å². The van der Waals surface area contributed by atoms with E-state index in [0.717, 1.165) is 36.5 Å². The Labute approximate surface area is 147 Å². The predicted molar refractivity (Wildman–Crippen MR) is 92.6 cm³/mol. The maximum Gasteiger partial charge on any atom is 0.289 e. The molecule has 7 heteroatoms. The highest BCUT2D eigenvalue weighted by Gasteiger charge is 2.24. The van der Waals surface area contributed by atoms with Crippen LogP contribution in [0.1, 0.15) is 21.2 Å². The van der Waals surface area contributed by atoms with Crippen molar-refractivity contribution in [3.63, 3.8) is 0 Å². The maximum absolute atomic E-state index is 12.5. The number of piperazine rings is 1. The summed E-state index contributed by atoms with van der Waals surface area (Å²) < 4.78 is 11.7. The molecule has 0 radical (unpaired) electrons. The third kappa shape index (κ3) is 4.23. The molecule has 23 heavy (non-hydrogen) atoms. The molecule has 1 aliphatic heterocycles. The van der Waals surface area contributed by atoms with E-state index in [9.17, 15) is 4.79 Å². The van der Waals surface area contributed by atoms with E-state index in [4.69, 9.17) is 9.15 Å². The first-order valence-electron chi connectivity index (χ1n) is 7.49. The highest BCUT2D eigenvalue weighted by Crippen LogP contribution is 2.23. The Morgan fingerprint density at radius 1 is 1.26 bits per heavy atom. The molecule has 0 aromatic carbocycles. The minimum atomic E-state index is -0.0362. The Morgan fingerprint density at radius 2 is 2.04 bits per heavy atom. The van der Waals surface area contributed by atoms with Gasteiger partial charge in [0.2, 0.25) is 0 Å². The van der Waals surface area contributed by atoms with Crippen molar-refractivity contribution in [1.29, 1.82) is 0 Å². The van der Waals surface area contributed by atoms with Crippen LogP contribution in [0, 0.1) is 0 Å². The van der Waals surface area contributed by atoms with E-state index in [0.29, 0.717) is 18.1 Å². The summed E-state index contributed by atoms with van der Waals surface area (Å²) in [6.45, 7) is 4.55. The number of carbonyl (C=O) groups is 1. The molecule has 1 aliphatic rings. The van der Waals surface area contributed by atoms with Crippen molar-refractivity contribution in [3.05, 3.63) is 44.4 Å². The van der Waals surface area contributed by atoms with Gasteiger partial charge in [-0.25, -0.2) is 0 Å². The molecule has 1 fully saturated rings. The van der Waals surface area contributed by atoms with Crippen LogP contribution in [0.5, 0.6) is 0 Å². The summed E-state index contributed by atoms with van der Waals surface area (Å²) in [4.78, 5) is 18.0. The number of amides is 1. The van der Waals surface area contributed by atoms with E-state index >= 15 is 0 Å². The Bertz CT molecular complexity index is 662. The van der Waals surface area contributed by atoms with Gasteiger partial charge in [-0.05, 0) is 40.2 Å². The van der Waals surface area contributed by atoms with Gasteiger partial charge in [-0.3, -0.25) is 9.69 Å². The van der Waals surface area contributed by atoms with E-state index in [-0.39, 0.29) is 5.91 Å². The first-order valence-corrected chi connectivity index (χ1v) is 9.10. The van der Waals surface area contributed by atoms with E-state index in [1.54, 1.807) is 30.6 Å². The molecule has 5 nitrogen and oxygen atoms in total. The topological polar surface area (TPSA) is 45.9 Å². The molecule has 3 rings (SSSR count). The van der Waals surface area contributed by atoms with Crippen LogP contribution in [0.2, 0.25) is 0 Å². The number of hydrogen-bond acceptors (Lipinski definition) is 5. The number of rotatable bonds is 5. The molecular weight excluding hydrogens is 380 g/mol. The van der Waals surface area contributed by atoms with Crippen LogP contribution in [0.4, 0.5) is 0 Å². The first-order chi connectivity index (χ1) is 11.2. The average Bonchev–Trinajstić information content (AvgIpc) is 3.17. The third-order valence-electron chi connectivity index (χ3n) is 3.83.